The van der Waals surface area contributed by atoms with Crippen molar-refractivity contribution in [2.24, 2.45) is 0 Å². The molecule has 0 saturated heterocycles. The van der Waals surface area contributed by atoms with Gasteiger partial charge in [-0.25, -0.2) is 0 Å². The van der Waals surface area contributed by atoms with Gasteiger partial charge < -0.3 is 0 Å². The number of amides is 2. The minimum absolute atomic E-state index is 0.215. The van der Waals surface area contributed by atoms with Crippen molar-refractivity contribution < 1.29 is 22.8 Å². The van der Waals surface area contributed by atoms with Crippen LogP contribution in [0.2, 0.25) is 0 Å². The number of alkyl halides is 3. The molecule has 2 amide bonds. The third-order valence-electron chi connectivity index (χ3n) is 3.25. The number of carbonyl (C=O) groups is 2. The van der Waals surface area contributed by atoms with Crippen molar-refractivity contribution >= 4 is 34.4 Å². The first-order valence-electron chi connectivity index (χ1n) is 6.69. The van der Waals surface area contributed by atoms with E-state index in [-0.39, 0.29) is 34.4 Å². The summed E-state index contributed by atoms with van der Waals surface area (Å²) in [5, 5.41) is 0. The summed E-state index contributed by atoms with van der Waals surface area (Å²) in [6.07, 6.45) is -2.79. The summed E-state index contributed by atoms with van der Waals surface area (Å²) < 4.78 is 36.6. The lowest BCUT2D eigenvalue weighted by Crippen LogP contribution is -2.30. The van der Waals surface area contributed by atoms with Crippen LogP contribution in [0.15, 0.2) is 33.9 Å². The van der Waals surface area contributed by atoms with Crippen molar-refractivity contribution in [3.05, 3.63) is 45.0 Å². The van der Waals surface area contributed by atoms with Gasteiger partial charge in [-0.1, -0.05) is 12.1 Å². The number of hydrogen-bond donors (Lipinski definition) is 0. The summed E-state index contributed by atoms with van der Waals surface area (Å²) in [5.74, 6) is -0.665. The third-order valence-corrected chi connectivity index (χ3v) is 4.10. The smallest absolute Gasteiger partial charge is 0.274 e. The molecule has 0 spiro atoms. The van der Waals surface area contributed by atoms with Gasteiger partial charge in [0.25, 0.3) is 11.8 Å². The van der Waals surface area contributed by atoms with Gasteiger partial charge in [0.2, 0.25) is 0 Å². The van der Waals surface area contributed by atoms with Crippen molar-refractivity contribution in [3.63, 3.8) is 0 Å². The third kappa shape index (κ3) is 4.08. The fourth-order valence-electron chi connectivity index (χ4n) is 2.26. The molecule has 0 unspecified atom stereocenters. The van der Waals surface area contributed by atoms with E-state index in [1.165, 1.54) is 0 Å². The summed E-state index contributed by atoms with van der Waals surface area (Å²) >= 11 is 1.66. The number of carbonyl (C=O) groups excluding carboxylic acids is 2. The number of halogens is 4. The van der Waals surface area contributed by atoms with E-state index in [9.17, 15) is 22.8 Å². The molecule has 1 aliphatic rings. The van der Waals surface area contributed by atoms with Crippen LogP contribution in [0.25, 0.3) is 0 Å². The van der Waals surface area contributed by atoms with Crippen LogP contribution in [0, 0.1) is 0 Å². The first kappa shape index (κ1) is 17.0. The lowest BCUT2D eigenvalue weighted by molar-refractivity contribution is -0.0801. The summed E-state index contributed by atoms with van der Waals surface area (Å²) in [7, 11) is 0. The monoisotopic (exact) mass is 423 g/mol. The fraction of sp³-hybridized carbons (Fsp3) is 0.333. The molecule has 0 bridgehead atoms. The van der Waals surface area contributed by atoms with Crippen molar-refractivity contribution in [3.8, 4) is 0 Å². The molecule has 0 radical (unpaired) electrons. The average Bonchev–Trinajstić information content (AvgIpc) is 2.67. The summed E-state index contributed by atoms with van der Waals surface area (Å²) in [6, 6.07) is 6.59. The van der Waals surface area contributed by atoms with Crippen LogP contribution >= 0.6 is 22.6 Å². The molecular weight excluding hydrogens is 410 g/mol. The molecular formula is C15H13F3INO2. The van der Waals surface area contributed by atoms with Gasteiger partial charge in [-0.2, -0.15) is 13.2 Å². The van der Waals surface area contributed by atoms with Gasteiger partial charge in [0, 0.05) is 12.6 Å². The van der Waals surface area contributed by atoms with Crippen molar-refractivity contribution in [1.82, 2.24) is 4.90 Å². The number of unbranched alkanes of at least 4 members (excludes halogenated alkanes) is 1. The summed E-state index contributed by atoms with van der Waals surface area (Å²) in [5.41, 5.74) is 0.776. The average molecular weight is 423 g/mol. The molecule has 0 N–H and O–H groups in total. The van der Waals surface area contributed by atoms with Gasteiger partial charge in [-0.3, -0.25) is 14.5 Å². The highest BCUT2D eigenvalue weighted by atomic mass is 127. The molecule has 3 nitrogen and oxygen atoms in total. The Morgan fingerprint density at radius 1 is 1.09 bits per heavy atom. The van der Waals surface area contributed by atoms with E-state index in [1.54, 1.807) is 46.9 Å². The van der Waals surface area contributed by atoms with Gasteiger partial charge >= 0.3 is 6.18 Å². The van der Waals surface area contributed by atoms with Crippen LogP contribution in [0.4, 0.5) is 13.2 Å². The second-order valence-electron chi connectivity index (χ2n) is 4.90. The molecule has 1 heterocycles. The Hall–Kier alpha value is -1.38. The Kier molecular flexibility index (Phi) is 5.25. The Morgan fingerprint density at radius 2 is 1.64 bits per heavy atom. The van der Waals surface area contributed by atoms with E-state index in [4.69, 9.17) is 0 Å². The van der Waals surface area contributed by atoms with Gasteiger partial charge in [-0.15, -0.1) is 0 Å². The quantitative estimate of drug-likeness (QED) is 0.402. The number of fused-ring (bicyclic) bond motifs is 1. The Bertz CT molecular complexity index is 590. The number of rotatable bonds is 5. The predicted molar refractivity (Wildman–Crippen MR) is 83.8 cm³/mol. The lowest BCUT2D eigenvalue weighted by atomic mass is 10.1. The summed E-state index contributed by atoms with van der Waals surface area (Å²) in [6.45, 7) is 0.224. The fourth-order valence-corrected chi connectivity index (χ4v) is 2.99. The van der Waals surface area contributed by atoms with E-state index in [0.717, 1.165) is 4.90 Å². The molecule has 1 aromatic rings. The Balaban J connectivity index is 1.86. The predicted octanol–water partition coefficient (Wildman–Crippen LogP) is 4.33. The summed E-state index contributed by atoms with van der Waals surface area (Å²) in [4.78, 5) is 25.3. The zero-order valence-corrected chi connectivity index (χ0v) is 13.6. The van der Waals surface area contributed by atoms with Gasteiger partial charge in [0.1, 0.15) is 0 Å². The van der Waals surface area contributed by atoms with Crippen LogP contribution < -0.4 is 0 Å². The van der Waals surface area contributed by atoms with E-state index >= 15 is 0 Å². The molecule has 0 atom stereocenters. The molecule has 7 heteroatoms. The van der Waals surface area contributed by atoms with Crippen molar-refractivity contribution in [2.75, 3.05) is 6.54 Å². The highest BCUT2D eigenvalue weighted by molar-refractivity contribution is 14.1. The molecule has 1 aliphatic heterocycles. The zero-order valence-electron chi connectivity index (χ0n) is 11.5. The van der Waals surface area contributed by atoms with Crippen molar-refractivity contribution in [2.45, 2.75) is 25.4 Å². The van der Waals surface area contributed by atoms with Crippen LogP contribution in [0.3, 0.4) is 0 Å². The number of imide groups is 1. The second-order valence-corrected chi connectivity index (χ2v) is 6.28. The number of nitrogens with zero attached hydrogens (tertiary/aromatic N) is 1. The number of benzene rings is 1. The molecule has 0 aliphatic carbocycles. The Morgan fingerprint density at radius 3 is 2.14 bits per heavy atom. The first-order chi connectivity index (χ1) is 10.3. The maximum atomic E-state index is 12.1. The van der Waals surface area contributed by atoms with Gasteiger partial charge in [0.05, 0.1) is 11.1 Å². The van der Waals surface area contributed by atoms with Gasteiger partial charge in [-0.05, 0) is 57.6 Å². The van der Waals surface area contributed by atoms with Crippen LogP contribution in [-0.2, 0) is 0 Å². The minimum atomic E-state index is -4.31. The van der Waals surface area contributed by atoms with Crippen LogP contribution in [-0.4, -0.2) is 29.4 Å². The van der Waals surface area contributed by atoms with E-state index in [2.05, 4.69) is 0 Å². The normalized spacial score (nSPS) is 15.5. The van der Waals surface area contributed by atoms with Crippen LogP contribution in [0.1, 0.15) is 40.0 Å². The second kappa shape index (κ2) is 6.80. The minimum Gasteiger partial charge on any atom is -0.274 e. The van der Waals surface area contributed by atoms with Crippen LogP contribution in [0.5, 0.6) is 0 Å². The molecule has 118 valence electrons. The highest BCUT2D eigenvalue weighted by Gasteiger charge is 2.34. The van der Waals surface area contributed by atoms with E-state index in [1.807, 2.05) is 0 Å². The molecule has 0 aromatic heterocycles. The molecule has 2 rings (SSSR count). The SMILES string of the molecule is O=C1c2ccccc2C(=O)N1CCCCC(I)=CC(F)(F)F. The largest absolute Gasteiger partial charge is 0.410 e. The maximum absolute atomic E-state index is 12.1. The van der Waals surface area contributed by atoms with Gasteiger partial charge in [0.15, 0.2) is 0 Å². The lowest BCUT2D eigenvalue weighted by Gasteiger charge is -2.13. The topological polar surface area (TPSA) is 37.4 Å². The maximum Gasteiger partial charge on any atom is 0.410 e. The zero-order chi connectivity index (χ0) is 16.3. The molecule has 0 saturated carbocycles. The molecule has 0 fully saturated rings. The standard InChI is InChI=1S/C15H13F3INO2/c16-15(17,18)9-10(19)5-3-4-8-20-13(21)11-6-1-2-7-12(11)14(20)22/h1-2,6-7,9H,3-5,8H2. The molecule has 1 aromatic carbocycles. The Labute approximate surface area is 139 Å². The van der Waals surface area contributed by atoms with E-state index in [0.29, 0.717) is 24.0 Å². The first-order valence-corrected chi connectivity index (χ1v) is 7.76. The highest BCUT2D eigenvalue weighted by Crippen LogP contribution is 2.26. The number of hydrogen-bond acceptors (Lipinski definition) is 2. The van der Waals surface area contributed by atoms with Crippen molar-refractivity contribution in [1.29, 1.82) is 0 Å². The van der Waals surface area contributed by atoms with E-state index < -0.39 is 6.18 Å². The number of allylic oxidation sites excluding steroid dienone is 2. The molecule has 22 heavy (non-hydrogen) atoms.